The highest BCUT2D eigenvalue weighted by atomic mass is 35.5. The first-order chi connectivity index (χ1) is 14.3. The highest BCUT2D eigenvalue weighted by Gasteiger charge is 2.24. The SMILES string of the molecule is Cc1c(S(N)(=O)=O)cc(-c2cc(Cl)cc(C(=O)NC(C)(C)C)c2)n1CC1CCCCC1. The van der Waals surface area contributed by atoms with Crippen LogP contribution in [0.5, 0.6) is 0 Å². The second kappa shape index (κ2) is 8.96. The molecule has 1 aromatic heterocycles. The molecule has 3 N–H and O–H groups in total. The summed E-state index contributed by atoms with van der Waals surface area (Å²) in [6.07, 6.45) is 5.87. The number of benzene rings is 1. The van der Waals surface area contributed by atoms with Crippen LogP contribution in [0.3, 0.4) is 0 Å². The minimum Gasteiger partial charge on any atom is -0.347 e. The van der Waals surface area contributed by atoms with Crippen molar-refractivity contribution in [2.75, 3.05) is 0 Å². The number of hydrogen-bond acceptors (Lipinski definition) is 3. The minimum absolute atomic E-state index is 0.110. The van der Waals surface area contributed by atoms with Crippen molar-refractivity contribution < 1.29 is 13.2 Å². The standard InChI is InChI=1S/C23H32ClN3O3S/c1-15-21(31(25,29)30)13-20(27(15)14-16-8-6-5-7-9-16)17-10-18(12-19(24)11-17)22(28)26-23(2,3)4/h10-13,16H,5-9,14H2,1-4H3,(H,26,28)(H2,25,29,30). The third-order valence-corrected chi connectivity index (χ3v) is 6.98. The van der Waals surface area contributed by atoms with Gasteiger partial charge in [-0.3, -0.25) is 4.79 Å². The zero-order valence-electron chi connectivity index (χ0n) is 18.7. The topological polar surface area (TPSA) is 94.2 Å². The van der Waals surface area contributed by atoms with Gasteiger partial charge in [0, 0.05) is 39.6 Å². The zero-order valence-corrected chi connectivity index (χ0v) is 20.2. The smallest absolute Gasteiger partial charge is 0.251 e. The maximum atomic E-state index is 12.7. The molecule has 0 radical (unpaired) electrons. The lowest BCUT2D eigenvalue weighted by Gasteiger charge is -2.24. The summed E-state index contributed by atoms with van der Waals surface area (Å²) in [4.78, 5) is 12.8. The van der Waals surface area contributed by atoms with Gasteiger partial charge < -0.3 is 9.88 Å². The molecule has 8 heteroatoms. The Morgan fingerprint density at radius 1 is 1.16 bits per heavy atom. The Balaban J connectivity index is 2.09. The van der Waals surface area contributed by atoms with Gasteiger partial charge >= 0.3 is 0 Å². The highest BCUT2D eigenvalue weighted by molar-refractivity contribution is 7.89. The third kappa shape index (κ3) is 5.90. The Morgan fingerprint density at radius 2 is 1.81 bits per heavy atom. The van der Waals surface area contributed by atoms with Gasteiger partial charge in [-0.2, -0.15) is 0 Å². The number of amides is 1. The molecule has 0 unspecified atom stereocenters. The molecule has 1 aromatic carbocycles. The van der Waals surface area contributed by atoms with Crippen LogP contribution in [0, 0.1) is 12.8 Å². The van der Waals surface area contributed by atoms with Crippen LogP contribution < -0.4 is 10.5 Å². The summed E-state index contributed by atoms with van der Waals surface area (Å²) in [5.74, 6) is 0.250. The molecule has 1 saturated carbocycles. The van der Waals surface area contributed by atoms with Crippen LogP contribution >= 0.6 is 11.6 Å². The average Bonchev–Trinajstić information content (AvgIpc) is 2.97. The van der Waals surface area contributed by atoms with Crippen LogP contribution in [0.4, 0.5) is 0 Å². The molecular formula is C23H32ClN3O3S. The second-order valence-electron chi connectivity index (χ2n) is 9.57. The summed E-state index contributed by atoms with van der Waals surface area (Å²) in [5.41, 5.74) is 2.05. The Bertz CT molecular complexity index is 1080. The zero-order chi connectivity index (χ0) is 23.0. The fourth-order valence-corrected chi connectivity index (χ4v) is 5.32. The highest BCUT2D eigenvalue weighted by Crippen LogP contribution is 2.34. The minimum atomic E-state index is -3.88. The predicted octanol–water partition coefficient (Wildman–Crippen LogP) is 4.87. The van der Waals surface area contributed by atoms with Crippen LogP contribution in [-0.4, -0.2) is 24.4 Å². The van der Waals surface area contributed by atoms with Crippen LogP contribution in [-0.2, 0) is 16.6 Å². The molecule has 1 amide bonds. The van der Waals surface area contributed by atoms with Gasteiger partial charge in [0.25, 0.3) is 5.91 Å². The van der Waals surface area contributed by atoms with Crippen LogP contribution in [0.2, 0.25) is 5.02 Å². The van der Waals surface area contributed by atoms with Gasteiger partial charge in [0.15, 0.2) is 0 Å². The van der Waals surface area contributed by atoms with Crippen molar-refractivity contribution in [3.63, 3.8) is 0 Å². The van der Waals surface area contributed by atoms with E-state index in [9.17, 15) is 13.2 Å². The van der Waals surface area contributed by atoms with E-state index in [2.05, 4.69) is 5.32 Å². The van der Waals surface area contributed by atoms with Gasteiger partial charge in [-0.25, -0.2) is 13.6 Å². The lowest BCUT2D eigenvalue weighted by atomic mass is 9.89. The van der Waals surface area contributed by atoms with E-state index in [-0.39, 0.29) is 10.8 Å². The van der Waals surface area contributed by atoms with Crippen molar-refractivity contribution in [1.29, 1.82) is 0 Å². The van der Waals surface area contributed by atoms with E-state index in [0.29, 0.717) is 40.0 Å². The van der Waals surface area contributed by atoms with Gasteiger partial charge in [0.1, 0.15) is 4.90 Å². The summed E-state index contributed by atoms with van der Waals surface area (Å²) in [5, 5.41) is 8.85. The number of aromatic nitrogens is 1. The molecule has 6 nitrogen and oxygen atoms in total. The molecule has 31 heavy (non-hydrogen) atoms. The van der Waals surface area contributed by atoms with E-state index >= 15 is 0 Å². The molecule has 1 aliphatic rings. The molecule has 0 aliphatic heterocycles. The summed E-state index contributed by atoms with van der Waals surface area (Å²) >= 11 is 6.36. The number of carbonyl (C=O) groups is 1. The summed E-state index contributed by atoms with van der Waals surface area (Å²) in [7, 11) is -3.88. The number of hydrogen-bond donors (Lipinski definition) is 2. The number of carbonyl (C=O) groups excluding carboxylic acids is 1. The van der Waals surface area contributed by atoms with E-state index in [0.717, 1.165) is 12.8 Å². The molecule has 2 aromatic rings. The van der Waals surface area contributed by atoms with E-state index in [4.69, 9.17) is 16.7 Å². The first kappa shape index (κ1) is 23.8. The number of nitrogens with one attached hydrogen (secondary N) is 1. The lowest BCUT2D eigenvalue weighted by molar-refractivity contribution is 0.0919. The Labute approximate surface area is 190 Å². The first-order valence-electron chi connectivity index (χ1n) is 10.7. The molecule has 1 fully saturated rings. The van der Waals surface area contributed by atoms with Crippen molar-refractivity contribution >= 4 is 27.5 Å². The van der Waals surface area contributed by atoms with Crippen molar-refractivity contribution in [2.24, 2.45) is 11.1 Å². The fraction of sp³-hybridized carbons (Fsp3) is 0.522. The molecule has 0 bridgehead atoms. The molecule has 0 saturated heterocycles. The van der Waals surface area contributed by atoms with E-state index in [1.54, 1.807) is 31.2 Å². The van der Waals surface area contributed by atoms with Gasteiger partial charge in [0.2, 0.25) is 10.0 Å². The number of primary sulfonamides is 1. The summed E-state index contributed by atoms with van der Waals surface area (Å²) in [6.45, 7) is 8.23. The third-order valence-electron chi connectivity index (χ3n) is 5.74. The van der Waals surface area contributed by atoms with Crippen LogP contribution in [0.15, 0.2) is 29.2 Å². The summed E-state index contributed by atoms with van der Waals surface area (Å²) in [6, 6.07) is 6.74. The quantitative estimate of drug-likeness (QED) is 0.659. The Morgan fingerprint density at radius 3 is 2.39 bits per heavy atom. The summed E-state index contributed by atoms with van der Waals surface area (Å²) < 4.78 is 26.5. The number of nitrogens with two attached hydrogens (primary N) is 1. The van der Waals surface area contributed by atoms with Crippen molar-refractivity contribution in [2.45, 2.75) is 76.8 Å². The largest absolute Gasteiger partial charge is 0.347 e. The maximum Gasteiger partial charge on any atom is 0.251 e. The van der Waals surface area contributed by atoms with Crippen molar-refractivity contribution in [1.82, 2.24) is 9.88 Å². The molecule has 0 spiro atoms. The average molecular weight is 466 g/mol. The number of sulfonamides is 1. The predicted molar refractivity (Wildman–Crippen MR) is 125 cm³/mol. The lowest BCUT2D eigenvalue weighted by Crippen LogP contribution is -2.40. The van der Waals surface area contributed by atoms with Gasteiger partial charge in [-0.15, -0.1) is 0 Å². The van der Waals surface area contributed by atoms with E-state index in [1.807, 2.05) is 25.3 Å². The molecule has 1 heterocycles. The van der Waals surface area contributed by atoms with Crippen molar-refractivity contribution in [3.05, 3.63) is 40.5 Å². The maximum absolute atomic E-state index is 12.7. The molecule has 3 rings (SSSR count). The second-order valence-corrected chi connectivity index (χ2v) is 11.5. The van der Waals surface area contributed by atoms with E-state index < -0.39 is 15.6 Å². The van der Waals surface area contributed by atoms with Gasteiger partial charge in [-0.1, -0.05) is 30.9 Å². The first-order valence-corrected chi connectivity index (χ1v) is 12.6. The Kier molecular flexibility index (Phi) is 6.89. The van der Waals surface area contributed by atoms with E-state index in [1.165, 1.54) is 19.3 Å². The van der Waals surface area contributed by atoms with Crippen molar-refractivity contribution in [3.8, 4) is 11.3 Å². The Hall–Kier alpha value is -1.83. The molecular weight excluding hydrogens is 434 g/mol. The van der Waals surface area contributed by atoms with Crippen LogP contribution in [0.25, 0.3) is 11.3 Å². The molecule has 1 aliphatic carbocycles. The normalized spacial score (nSPS) is 15.8. The molecule has 170 valence electrons. The van der Waals surface area contributed by atoms with Crippen LogP contribution in [0.1, 0.15) is 68.9 Å². The fourth-order valence-electron chi connectivity index (χ4n) is 4.29. The number of nitrogens with zero attached hydrogens (tertiary/aromatic N) is 1. The van der Waals surface area contributed by atoms with Gasteiger partial charge in [-0.05, 0) is 70.7 Å². The van der Waals surface area contributed by atoms with Gasteiger partial charge in [0.05, 0.1) is 0 Å². The number of rotatable bonds is 5. The number of halogens is 1. The monoisotopic (exact) mass is 465 g/mol. The molecule has 0 atom stereocenters.